The van der Waals surface area contributed by atoms with Crippen molar-refractivity contribution >= 4 is 17.4 Å². The lowest BCUT2D eigenvalue weighted by Crippen LogP contribution is -2.36. The van der Waals surface area contributed by atoms with Crippen LogP contribution in [0.5, 0.6) is 0 Å². The highest BCUT2D eigenvalue weighted by Crippen LogP contribution is 2.26. The van der Waals surface area contributed by atoms with Gasteiger partial charge in [0.2, 0.25) is 0 Å². The number of nitrogens with zero attached hydrogens (tertiary/aromatic N) is 1. The molecule has 0 radical (unpaired) electrons. The van der Waals surface area contributed by atoms with Crippen LogP contribution in [0.2, 0.25) is 0 Å². The molecule has 0 spiro atoms. The fourth-order valence-corrected chi connectivity index (χ4v) is 4.07. The van der Waals surface area contributed by atoms with E-state index in [1.807, 2.05) is 24.3 Å². The standard InChI is InChI=1S/C18H23N3O2S/c22-12-14-6-2-1-5-13(14)11-20-18(23)19-10-9-17-21-15-7-3-4-8-16(15)24-17/h1-2,5-6,22H,3-4,7-12H2,(H2,19,20,23). The van der Waals surface area contributed by atoms with Gasteiger partial charge in [-0.3, -0.25) is 0 Å². The Hall–Kier alpha value is -1.92. The minimum absolute atomic E-state index is 0.0197. The minimum atomic E-state index is -0.191. The van der Waals surface area contributed by atoms with E-state index in [1.54, 1.807) is 11.3 Å². The van der Waals surface area contributed by atoms with E-state index in [0.29, 0.717) is 13.1 Å². The second kappa shape index (κ2) is 8.26. The summed E-state index contributed by atoms with van der Waals surface area (Å²) < 4.78 is 0. The summed E-state index contributed by atoms with van der Waals surface area (Å²) in [6, 6.07) is 7.36. The van der Waals surface area contributed by atoms with Gasteiger partial charge in [0.1, 0.15) is 0 Å². The van der Waals surface area contributed by atoms with E-state index in [0.717, 1.165) is 35.4 Å². The molecule has 5 nitrogen and oxygen atoms in total. The molecule has 24 heavy (non-hydrogen) atoms. The van der Waals surface area contributed by atoms with Gasteiger partial charge < -0.3 is 15.7 Å². The number of carbonyl (C=O) groups is 1. The molecule has 0 aliphatic heterocycles. The summed E-state index contributed by atoms with van der Waals surface area (Å²) in [7, 11) is 0. The van der Waals surface area contributed by atoms with Crippen LogP contribution >= 0.6 is 11.3 Å². The fourth-order valence-electron chi connectivity index (χ4n) is 2.92. The first-order valence-corrected chi connectivity index (χ1v) is 9.24. The van der Waals surface area contributed by atoms with Gasteiger partial charge in [0.05, 0.1) is 17.3 Å². The highest BCUT2D eigenvalue weighted by atomic mass is 32.1. The van der Waals surface area contributed by atoms with Crippen molar-refractivity contribution in [1.82, 2.24) is 15.6 Å². The molecule has 1 aliphatic rings. The number of benzene rings is 1. The van der Waals surface area contributed by atoms with Crippen molar-refractivity contribution in [2.24, 2.45) is 0 Å². The van der Waals surface area contributed by atoms with E-state index in [-0.39, 0.29) is 12.6 Å². The molecule has 3 N–H and O–H groups in total. The van der Waals surface area contributed by atoms with Crippen LogP contribution in [0, 0.1) is 0 Å². The highest BCUT2D eigenvalue weighted by molar-refractivity contribution is 7.11. The summed E-state index contributed by atoms with van der Waals surface area (Å²) in [5.74, 6) is 0. The molecule has 0 unspecified atom stereocenters. The number of hydrogen-bond acceptors (Lipinski definition) is 4. The van der Waals surface area contributed by atoms with Gasteiger partial charge >= 0.3 is 6.03 Å². The van der Waals surface area contributed by atoms with Gasteiger partial charge in [-0.2, -0.15) is 0 Å². The number of urea groups is 1. The lowest BCUT2D eigenvalue weighted by Gasteiger charge is -2.09. The zero-order valence-electron chi connectivity index (χ0n) is 13.7. The molecule has 1 aliphatic carbocycles. The monoisotopic (exact) mass is 345 g/mol. The van der Waals surface area contributed by atoms with Crippen molar-refractivity contribution in [2.45, 2.75) is 45.3 Å². The lowest BCUT2D eigenvalue weighted by atomic mass is 10.0. The number of amides is 2. The van der Waals surface area contributed by atoms with E-state index in [9.17, 15) is 9.90 Å². The first-order chi connectivity index (χ1) is 11.8. The summed E-state index contributed by atoms with van der Waals surface area (Å²) >= 11 is 1.79. The van der Waals surface area contributed by atoms with Crippen LogP contribution in [0.4, 0.5) is 4.79 Å². The molecule has 1 aromatic carbocycles. The van der Waals surface area contributed by atoms with E-state index in [2.05, 4.69) is 15.6 Å². The maximum atomic E-state index is 11.9. The normalized spacial score (nSPS) is 13.4. The van der Waals surface area contributed by atoms with Crippen molar-refractivity contribution in [3.05, 3.63) is 51.0 Å². The number of nitrogens with one attached hydrogen (secondary N) is 2. The summed E-state index contributed by atoms with van der Waals surface area (Å²) in [5, 5.41) is 16.1. The molecule has 1 aromatic heterocycles. The van der Waals surface area contributed by atoms with Crippen LogP contribution in [0.3, 0.4) is 0 Å². The van der Waals surface area contributed by atoms with Crippen LogP contribution in [0.15, 0.2) is 24.3 Å². The van der Waals surface area contributed by atoms with Crippen molar-refractivity contribution in [1.29, 1.82) is 0 Å². The number of hydrogen-bond donors (Lipinski definition) is 3. The van der Waals surface area contributed by atoms with Crippen LogP contribution in [-0.4, -0.2) is 22.7 Å². The molecule has 0 saturated heterocycles. The van der Waals surface area contributed by atoms with Crippen molar-refractivity contribution in [2.75, 3.05) is 6.54 Å². The van der Waals surface area contributed by atoms with Crippen molar-refractivity contribution in [3.63, 3.8) is 0 Å². The summed E-state index contributed by atoms with van der Waals surface area (Å²) in [5.41, 5.74) is 3.04. The second-order valence-corrected chi connectivity index (χ2v) is 7.14. The molecule has 0 saturated carbocycles. The van der Waals surface area contributed by atoms with Gasteiger partial charge in [-0.15, -0.1) is 11.3 Å². The average Bonchev–Trinajstić information content (AvgIpc) is 3.03. The Balaban J connectivity index is 1.42. The van der Waals surface area contributed by atoms with Crippen LogP contribution in [0.25, 0.3) is 0 Å². The average molecular weight is 345 g/mol. The maximum absolute atomic E-state index is 11.9. The third-order valence-electron chi connectivity index (χ3n) is 4.24. The number of fused-ring (bicyclic) bond motifs is 1. The molecule has 6 heteroatoms. The fraction of sp³-hybridized carbons (Fsp3) is 0.444. The van der Waals surface area contributed by atoms with E-state index >= 15 is 0 Å². The molecular formula is C18H23N3O2S. The molecule has 0 fully saturated rings. The zero-order chi connectivity index (χ0) is 16.8. The Morgan fingerprint density at radius 1 is 1.17 bits per heavy atom. The van der Waals surface area contributed by atoms with Crippen LogP contribution < -0.4 is 10.6 Å². The zero-order valence-corrected chi connectivity index (χ0v) is 14.5. The second-order valence-electron chi connectivity index (χ2n) is 5.97. The molecule has 0 bridgehead atoms. The molecule has 1 heterocycles. The number of aliphatic hydroxyl groups is 1. The Morgan fingerprint density at radius 2 is 1.96 bits per heavy atom. The van der Waals surface area contributed by atoms with Crippen molar-refractivity contribution in [3.8, 4) is 0 Å². The quantitative estimate of drug-likeness (QED) is 0.753. The number of aromatic nitrogens is 1. The molecule has 2 amide bonds. The molecule has 128 valence electrons. The predicted molar refractivity (Wildman–Crippen MR) is 95.1 cm³/mol. The van der Waals surface area contributed by atoms with Gasteiger partial charge in [0, 0.05) is 24.4 Å². The number of thiazole rings is 1. The maximum Gasteiger partial charge on any atom is 0.315 e. The van der Waals surface area contributed by atoms with Crippen LogP contribution in [-0.2, 0) is 32.4 Å². The van der Waals surface area contributed by atoms with Gasteiger partial charge in [-0.05, 0) is 36.8 Å². The third-order valence-corrected chi connectivity index (χ3v) is 5.46. The highest BCUT2D eigenvalue weighted by Gasteiger charge is 2.14. The number of rotatable bonds is 6. The third kappa shape index (κ3) is 4.33. The van der Waals surface area contributed by atoms with Gasteiger partial charge in [-0.25, -0.2) is 9.78 Å². The Bertz CT molecular complexity index is 676. The Kier molecular flexibility index (Phi) is 5.82. The van der Waals surface area contributed by atoms with E-state index < -0.39 is 0 Å². The predicted octanol–water partition coefficient (Wildman–Crippen LogP) is 2.56. The van der Waals surface area contributed by atoms with Crippen molar-refractivity contribution < 1.29 is 9.90 Å². The molecular weight excluding hydrogens is 322 g/mol. The van der Waals surface area contributed by atoms with E-state index in [4.69, 9.17) is 0 Å². The number of aryl methyl sites for hydroxylation is 2. The largest absolute Gasteiger partial charge is 0.392 e. The lowest BCUT2D eigenvalue weighted by molar-refractivity contribution is 0.240. The van der Waals surface area contributed by atoms with Crippen LogP contribution in [0.1, 0.15) is 39.5 Å². The van der Waals surface area contributed by atoms with E-state index in [1.165, 1.54) is 23.4 Å². The van der Waals surface area contributed by atoms with Gasteiger partial charge in [0.25, 0.3) is 0 Å². The number of aliphatic hydroxyl groups excluding tert-OH is 1. The van der Waals surface area contributed by atoms with Gasteiger partial charge in [-0.1, -0.05) is 24.3 Å². The minimum Gasteiger partial charge on any atom is -0.392 e. The summed E-state index contributed by atoms with van der Waals surface area (Å²) in [4.78, 5) is 18.0. The smallest absolute Gasteiger partial charge is 0.315 e. The molecule has 2 aromatic rings. The Labute approximate surface area is 146 Å². The first kappa shape index (κ1) is 16.9. The first-order valence-electron chi connectivity index (χ1n) is 8.43. The molecule has 3 rings (SSSR count). The number of carbonyl (C=O) groups excluding carboxylic acids is 1. The Morgan fingerprint density at radius 3 is 2.75 bits per heavy atom. The molecule has 0 atom stereocenters. The summed E-state index contributed by atoms with van der Waals surface area (Å²) in [6.45, 7) is 0.974. The van der Waals surface area contributed by atoms with Gasteiger partial charge in [0.15, 0.2) is 0 Å². The topological polar surface area (TPSA) is 74.2 Å². The summed E-state index contributed by atoms with van der Waals surface area (Å²) in [6.07, 6.45) is 5.55. The SMILES string of the molecule is O=C(NCCc1nc2c(s1)CCCC2)NCc1ccccc1CO.